The fourth-order valence-corrected chi connectivity index (χ4v) is 6.58. The van der Waals surface area contributed by atoms with Gasteiger partial charge in [0, 0.05) is 6.42 Å². The summed E-state index contributed by atoms with van der Waals surface area (Å²) in [6.45, 7) is 2.53. The first-order valence-corrected chi connectivity index (χ1v) is 21.5. The van der Waals surface area contributed by atoms with Crippen molar-refractivity contribution in [3.05, 3.63) is 60.8 Å². The maximum Gasteiger partial charge on any atom is 0.220 e. The molecule has 14 nitrogen and oxygen atoms in total. The molecule has 0 aromatic heterocycles. The molecule has 0 spiro atoms. The summed E-state index contributed by atoms with van der Waals surface area (Å²) in [5, 5.41) is 86.2. The molecule has 334 valence electrons. The van der Waals surface area contributed by atoms with E-state index in [1.807, 2.05) is 6.08 Å². The highest BCUT2D eigenvalue weighted by atomic mass is 16.7. The van der Waals surface area contributed by atoms with Crippen LogP contribution < -0.4 is 5.32 Å². The van der Waals surface area contributed by atoms with Crippen LogP contribution in [0.3, 0.4) is 0 Å². The van der Waals surface area contributed by atoms with Crippen LogP contribution in [-0.4, -0.2) is 140 Å². The Balaban J connectivity index is 1.94. The maximum atomic E-state index is 13.0. The zero-order chi connectivity index (χ0) is 42.5. The number of rotatable bonds is 30. The predicted molar refractivity (Wildman–Crippen MR) is 221 cm³/mol. The SMILES string of the molecule is CC/C=C/CC/C=C/CC/C=C/C(O)C(COC1OC(CO)C(OC2OC(CO)C(O)C(O)C2O)C(O)C1O)NC(=O)CCCCCCC/C=C\C/C=C\CCCC. The van der Waals surface area contributed by atoms with Crippen LogP contribution in [0.15, 0.2) is 60.8 Å². The summed E-state index contributed by atoms with van der Waals surface area (Å²) in [6.07, 6.45) is 18.6. The third kappa shape index (κ3) is 19.8. The van der Waals surface area contributed by atoms with Crippen molar-refractivity contribution in [2.45, 2.75) is 190 Å². The van der Waals surface area contributed by atoms with Gasteiger partial charge in [-0.2, -0.15) is 0 Å². The van der Waals surface area contributed by atoms with Crippen LogP contribution in [-0.2, 0) is 23.7 Å². The van der Waals surface area contributed by atoms with Gasteiger partial charge in [0.2, 0.25) is 5.91 Å². The molecule has 0 aromatic rings. The number of ether oxygens (including phenoxy) is 4. The molecule has 0 aromatic carbocycles. The Morgan fingerprint density at radius 2 is 1.21 bits per heavy atom. The van der Waals surface area contributed by atoms with Gasteiger partial charge in [0.15, 0.2) is 12.6 Å². The van der Waals surface area contributed by atoms with Crippen LogP contribution in [0.1, 0.15) is 117 Å². The predicted octanol–water partition coefficient (Wildman–Crippen LogP) is 3.54. The first kappa shape index (κ1) is 51.8. The van der Waals surface area contributed by atoms with Crippen molar-refractivity contribution in [2.75, 3.05) is 19.8 Å². The van der Waals surface area contributed by atoms with Crippen LogP contribution in [0.25, 0.3) is 0 Å². The third-order valence-electron chi connectivity index (χ3n) is 10.2. The normalized spacial score (nSPS) is 29.4. The van der Waals surface area contributed by atoms with E-state index < -0.39 is 86.8 Å². The number of hydrogen-bond donors (Lipinski definition) is 9. The van der Waals surface area contributed by atoms with E-state index in [0.29, 0.717) is 12.8 Å². The van der Waals surface area contributed by atoms with Gasteiger partial charge in [0.05, 0.1) is 32.0 Å². The van der Waals surface area contributed by atoms with E-state index in [1.165, 1.54) is 12.8 Å². The molecule has 2 rings (SSSR count). The van der Waals surface area contributed by atoms with E-state index >= 15 is 0 Å². The molecule has 12 unspecified atom stereocenters. The average molecular weight is 826 g/mol. The number of unbranched alkanes of at least 4 members (excludes halogenated alkanes) is 9. The molecule has 2 fully saturated rings. The lowest BCUT2D eigenvalue weighted by molar-refractivity contribution is -0.359. The number of nitrogens with one attached hydrogen (secondary N) is 1. The first-order chi connectivity index (χ1) is 28.1. The van der Waals surface area contributed by atoms with Crippen LogP contribution in [0.2, 0.25) is 0 Å². The molecular formula is C44H75NO13. The lowest BCUT2D eigenvalue weighted by atomic mass is 9.97. The van der Waals surface area contributed by atoms with Crippen molar-refractivity contribution in [3.8, 4) is 0 Å². The largest absolute Gasteiger partial charge is 0.394 e. The minimum Gasteiger partial charge on any atom is -0.394 e. The van der Waals surface area contributed by atoms with Crippen LogP contribution in [0, 0.1) is 0 Å². The van der Waals surface area contributed by atoms with E-state index in [2.05, 4.69) is 67.8 Å². The Labute approximate surface area is 345 Å². The van der Waals surface area contributed by atoms with E-state index in [9.17, 15) is 45.6 Å². The fourth-order valence-electron chi connectivity index (χ4n) is 6.58. The van der Waals surface area contributed by atoms with Gasteiger partial charge in [-0.3, -0.25) is 4.79 Å². The lowest BCUT2D eigenvalue weighted by Crippen LogP contribution is -2.65. The Bertz CT molecular complexity index is 1210. The molecule has 0 saturated carbocycles. The van der Waals surface area contributed by atoms with Crippen molar-refractivity contribution in [3.63, 3.8) is 0 Å². The first-order valence-electron chi connectivity index (χ1n) is 21.5. The van der Waals surface area contributed by atoms with Gasteiger partial charge in [0.25, 0.3) is 0 Å². The molecule has 0 radical (unpaired) electrons. The summed E-state index contributed by atoms with van der Waals surface area (Å²) in [5.74, 6) is -0.276. The number of amides is 1. The van der Waals surface area contributed by atoms with Gasteiger partial charge in [-0.1, -0.05) is 107 Å². The second kappa shape index (κ2) is 31.5. The van der Waals surface area contributed by atoms with Gasteiger partial charge < -0.3 is 65.1 Å². The van der Waals surface area contributed by atoms with Crippen molar-refractivity contribution < 1.29 is 64.6 Å². The Morgan fingerprint density at radius 1 is 0.638 bits per heavy atom. The van der Waals surface area contributed by atoms with Crippen LogP contribution >= 0.6 is 0 Å². The molecular weight excluding hydrogens is 750 g/mol. The van der Waals surface area contributed by atoms with Crippen molar-refractivity contribution in [1.29, 1.82) is 0 Å². The van der Waals surface area contributed by atoms with Crippen LogP contribution in [0.5, 0.6) is 0 Å². The number of aliphatic hydroxyl groups is 8. The molecule has 0 aliphatic carbocycles. The lowest BCUT2D eigenvalue weighted by Gasteiger charge is -2.46. The van der Waals surface area contributed by atoms with Gasteiger partial charge in [0.1, 0.15) is 48.8 Å². The maximum absolute atomic E-state index is 13.0. The molecule has 0 bridgehead atoms. The quantitative estimate of drug-likeness (QED) is 0.0374. The highest BCUT2D eigenvalue weighted by Crippen LogP contribution is 2.29. The minimum atomic E-state index is -1.79. The van der Waals surface area contributed by atoms with E-state index in [0.717, 1.165) is 70.6 Å². The highest BCUT2D eigenvalue weighted by Gasteiger charge is 2.50. The van der Waals surface area contributed by atoms with Crippen molar-refractivity contribution >= 4 is 5.91 Å². The molecule has 2 aliphatic rings. The Kier molecular flexibility index (Phi) is 28.2. The van der Waals surface area contributed by atoms with Crippen LogP contribution in [0.4, 0.5) is 0 Å². The summed E-state index contributed by atoms with van der Waals surface area (Å²) in [6, 6.07) is -0.943. The molecule has 2 aliphatic heterocycles. The molecule has 12 atom stereocenters. The Hall–Kier alpha value is -2.31. The topological polar surface area (TPSA) is 228 Å². The molecule has 58 heavy (non-hydrogen) atoms. The minimum absolute atomic E-state index is 0.250. The zero-order valence-electron chi connectivity index (χ0n) is 34.8. The summed E-state index contributed by atoms with van der Waals surface area (Å²) in [5.41, 5.74) is 0. The number of hydrogen-bond acceptors (Lipinski definition) is 13. The number of carbonyl (C=O) groups is 1. The molecule has 9 N–H and O–H groups in total. The number of allylic oxidation sites excluding steroid dienone is 9. The smallest absolute Gasteiger partial charge is 0.220 e. The summed E-state index contributed by atoms with van der Waals surface area (Å²) in [7, 11) is 0. The zero-order valence-corrected chi connectivity index (χ0v) is 34.8. The van der Waals surface area contributed by atoms with Crippen molar-refractivity contribution in [1.82, 2.24) is 5.32 Å². The van der Waals surface area contributed by atoms with Gasteiger partial charge in [-0.25, -0.2) is 0 Å². The summed E-state index contributed by atoms with van der Waals surface area (Å²) >= 11 is 0. The molecule has 2 heterocycles. The van der Waals surface area contributed by atoms with E-state index in [-0.39, 0.29) is 18.9 Å². The molecule has 1 amide bonds. The van der Waals surface area contributed by atoms with E-state index in [1.54, 1.807) is 6.08 Å². The molecule has 14 heteroatoms. The molecule has 2 saturated heterocycles. The van der Waals surface area contributed by atoms with Gasteiger partial charge >= 0.3 is 0 Å². The third-order valence-corrected chi connectivity index (χ3v) is 10.2. The van der Waals surface area contributed by atoms with E-state index in [4.69, 9.17) is 18.9 Å². The average Bonchev–Trinajstić information content (AvgIpc) is 3.22. The van der Waals surface area contributed by atoms with Gasteiger partial charge in [-0.05, 0) is 64.2 Å². The highest BCUT2D eigenvalue weighted by molar-refractivity contribution is 5.76. The van der Waals surface area contributed by atoms with Crippen molar-refractivity contribution in [2.24, 2.45) is 0 Å². The standard InChI is InChI=1S/C44H75NO13/c1-3-5-7-9-11-13-15-16-17-18-20-22-24-26-28-36(49)45-32(33(48)27-25-23-21-19-14-12-10-8-6-4-2)31-55-43-41(54)39(52)42(35(30-47)57-43)58-44-40(53)38(51)37(50)34(29-46)56-44/h6,8-9,11,14-16,19,25,27,32-35,37-44,46-48,50-54H,3-5,7,10,12-13,17-18,20-24,26,28-31H2,1-2H3,(H,45,49)/b8-6+,11-9-,16-15-,19-14+,27-25+. The second-order valence-corrected chi connectivity index (χ2v) is 15.1. The van der Waals surface area contributed by atoms with Gasteiger partial charge in [-0.15, -0.1) is 0 Å². The summed E-state index contributed by atoms with van der Waals surface area (Å²) < 4.78 is 22.5. The fraction of sp³-hybridized carbons (Fsp3) is 0.750. The monoisotopic (exact) mass is 826 g/mol. The second-order valence-electron chi connectivity index (χ2n) is 15.1. The summed E-state index contributed by atoms with van der Waals surface area (Å²) in [4.78, 5) is 13.0. The Morgan fingerprint density at radius 3 is 1.86 bits per heavy atom. The number of aliphatic hydroxyl groups excluding tert-OH is 8. The number of carbonyl (C=O) groups excluding carboxylic acids is 1.